The van der Waals surface area contributed by atoms with Crippen LogP contribution in [0.15, 0.2) is 18.2 Å². The van der Waals surface area contributed by atoms with E-state index in [2.05, 4.69) is 5.32 Å². The van der Waals surface area contributed by atoms with Crippen molar-refractivity contribution in [1.82, 2.24) is 4.90 Å². The maximum absolute atomic E-state index is 12.2. The summed E-state index contributed by atoms with van der Waals surface area (Å²) in [6.07, 6.45) is 2.52. The smallest absolute Gasteiger partial charge is 0.321 e. The Kier molecular flexibility index (Phi) is 3.60. The van der Waals surface area contributed by atoms with E-state index in [1.54, 1.807) is 24.1 Å². The van der Waals surface area contributed by atoms with E-state index in [0.717, 1.165) is 17.5 Å². The molecule has 3 N–H and O–H groups in total. The van der Waals surface area contributed by atoms with Gasteiger partial charge in [-0.25, -0.2) is 4.79 Å². The van der Waals surface area contributed by atoms with E-state index in [0.29, 0.717) is 24.9 Å². The van der Waals surface area contributed by atoms with Crippen molar-refractivity contribution in [2.45, 2.75) is 31.7 Å². The molecule has 0 aliphatic heterocycles. The van der Waals surface area contributed by atoms with Gasteiger partial charge in [0.05, 0.1) is 0 Å². The largest absolute Gasteiger partial charge is 0.369 e. The number of anilines is 1. The molecule has 3 rings (SSSR count). The van der Waals surface area contributed by atoms with E-state index in [1.807, 2.05) is 6.07 Å². The van der Waals surface area contributed by atoms with Gasteiger partial charge in [0.1, 0.15) is 0 Å². The van der Waals surface area contributed by atoms with Crippen LogP contribution in [0, 0.1) is 5.92 Å². The number of nitrogens with one attached hydrogen (secondary N) is 1. The van der Waals surface area contributed by atoms with Crippen LogP contribution in [0.5, 0.6) is 0 Å². The van der Waals surface area contributed by atoms with E-state index in [1.165, 1.54) is 0 Å². The number of ketones is 1. The molecule has 0 saturated heterocycles. The summed E-state index contributed by atoms with van der Waals surface area (Å²) in [5, 5.41) is 2.84. The summed E-state index contributed by atoms with van der Waals surface area (Å²) in [6.45, 7) is 0. The van der Waals surface area contributed by atoms with Gasteiger partial charge < -0.3 is 16.0 Å². The Bertz CT molecular complexity index is 650. The minimum atomic E-state index is -0.298. The molecule has 2 aliphatic carbocycles. The topological polar surface area (TPSA) is 92.5 Å². The Hall–Kier alpha value is -2.37. The van der Waals surface area contributed by atoms with Gasteiger partial charge in [0.25, 0.3) is 0 Å². The van der Waals surface area contributed by atoms with Gasteiger partial charge in [0, 0.05) is 36.7 Å². The summed E-state index contributed by atoms with van der Waals surface area (Å²) < 4.78 is 0. The van der Waals surface area contributed by atoms with Crippen molar-refractivity contribution in [2.75, 3.05) is 12.4 Å². The number of fused-ring (bicyclic) bond motifs is 1. The Balaban J connectivity index is 1.60. The Morgan fingerprint density at radius 3 is 2.68 bits per heavy atom. The first-order valence-corrected chi connectivity index (χ1v) is 7.45. The molecule has 0 spiro atoms. The number of amides is 3. The standard InChI is InChI=1S/C16H19N3O3/c1-19(12-7-10(8-12)15(17)21)16(22)18-11-3-4-13-9(6-11)2-5-14(13)20/h3-4,6,10,12H,2,5,7-8H2,1H3,(H2,17,21)(H,18,22). The Labute approximate surface area is 128 Å². The molecular weight excluding hydrogens is 282 g/mol. The molecule has 0 bridgehead atoms. The number of Topliss-reactive ketones (excluding diaryl/α,β-unsaturated/α-hetero) is 1. The second-order valence-electron chi connectivity index (χ2n) is 6.06. The minimum absolute atomic E-state index is 0.0495. The van der Waals surface area contributed by atoms with Gasteiger partial charge >= 0.3 is 6.03 Å². The summed E-state index contributed by atoms with van der Waals surface area (Å²) in [4.78, 5) is 36.4. The molecule has 0 radical (unpaired) electrons. The lowest BCUT2D eigenvalue weighted by Crippen LogP contribution is -2.50. The van der Waals surface area contributed by atoms with Gasteiger partial charge in [-0.15, -0.1) is 0 Å². The second-order valence-corrected chi connectivity index (χ2v) is 6.06. The molecule has 1 saturated carbocycles. The van der Waals surface area contributed by atoms with Crippen LogP contribution in [0.2, 0.25) is 0 Å². The van der Waals surface area contributed by atoms with E-state index in [4.69, 9.17) is 5.73 Å². The van der Waals surface area contributed by atoms with Crippen LogP contribution < -0.4 is 11.1 Å². The van der Waals surface area contributed by atoms with Crippen LogP contribution >= 0.6 is 0 Å². The number of aryl methyl sites for hydroxylation is 1. The van der Waals surface area contributed by atoms with Crippen molar-refractivity contribution >= 4 is 23.4 Å². The minimum Gasteiger partial charge on any atom is -0.369 e. The Morgan fingerprint density at radius 2 is 2.00 bits per heavy atom. The number of rotatable bonds is 3. The van der Waals surface area contributed by atoms with Gasteiger partial charge in [0.15, 0.2) is 5.78 Å². The summed E-state index contributed by atoms with van der Waals surface area (Å²) >= 11 is 0. The van der Waals surface area contributed by atoms with Crippen molar-refractivity contribution in [2.24, 2.45) is 11.7 Å². The van der Waals surface area contributed by atoms with Gasteiger partial charge in [-0.2, -0.15) is 0 Å². The van der Waals surface area contributed by atoms with Crippen LogP contribution in [-0.2, 0) is 11.2 Å². The third-order valence-corrected chi connectivity index (χ3v) is 4.66. The van der Waals surface area contributed by atoms with Crippen molar-refractivity contribution in [3.63, 3.8) is 0 Å². The van der Waals surface area contributed by atoms with Crippen LogP contribution in [-0.4, -0.2) is 35.7 Å². The summed E-state index contributed by atoms with van der Waals surface area (Å²) in [5.74, 6) is -0.253. The maximum Gasteiger partial charge on any atom is 0.321 e. The van der Waals surface area contributed by atoms with E-state index in [-0.39, 0.29) is 29.7 Å². The molecule has 1 fully saturated rings. The SMILES string of the molecule is CN(C(=O)Nc1ccc2c(c1)CCC2=O)C1CC(C(N)=O)C1. The fourth-order valence-corrected chi connectivity index (χ4v) is 3.05. The number of nitrogens with two attached hydrogens (primary N) is 1. The first kappa shape index (κ1) is 14.6. The molecule has 2 aliphatic rings. The average molecular weight is 301 g/mol. The maximum atomic E-state index is 12.2. The highest BCUT2D eigenvalue weighted by Crippen LogP contribution is 2.31. The molecule has 0 heterocycles. The average Bonchev–Trinajstić information content (AvgIpc) is 2.77. The van der Waals surface area contributed by atoms with E-state index < -0.39 is 0 Å². The van der Waals surface area contributed by atoms with Crippen LogP contribution in [0.3, 0.4) is 0 Å². The Morgan fingerprint density at radius 1 is 1.27 bits per heavy atom. The van der Waals surface area contributed by atoms with Crippen LogP contribution in [0.25, 0.3) is 0 Å². The summed E-state index contributed by atoms with van der Waals surface area (Å²) in [7, 11) is 1.72. The second kappa shape index (κ2) is 5.44. The lowest BCUT2D eigenvalue weighted by molar-refractivity contribution is -0.125. The highest BCUT2D eigenvalue weighted by Gasteiger charge is 2.37. The molecule has 3 amide bonds. The van der Waals surface area contributed by atoms with Gasteiger partial charge in [-0.05, 0) is 43.0 Å². The first-order valence-electron chi connectivity index (χ1n) is 7.45. The zero-order valence-corrected chi connectivity index (χ0v) is 12.5. The zero-order chi connectivity index (χ0) is 15.9. The number of primary amides is 1. The van der Waals surface area contributed by atoms with Crippen molar-refractivity contribution in [3.8, 4) is 0 Å². The third-order valence-electron chi connectivity index (χ3n) is 4.66. The number of benzene rings is 1. The van der Waals surface area contributed by atoms with E-state index >= 15 is 0 Å². The molecule has 22 heavy (non-hydrogen) atoms. The number of carbonyl (C=O) groups excluding carboxylic acids is 3. The molecule has 0 atom stereocenters. The van der Waals surface area contributed by atoms with Crippen molar-refractivity contribution in [1.29, 1.82) is 0 Å². The van der Waals surface area contributed by atoms with Gasteiger partial charge in [-0.3, -0.25) is 9.59 Å². The lowest BCUT2D eigenvalue weighted by atomic mass is 9.79. The molecule has 1 aromatic rings. The first-order chi connectivity index (χ1) is 10.5. The molecule has 0 aromatic heterocycles. The van der Waals surface area contributed by atoms with Crippen molar-refractivity contribution < 1.29 is 14.4 Å². The van der Waals surface area contributed by atoms with Crippen LogP contribution in [0.1, 0.15) is 35.2 Å². The molecule has 6 heteroatoms. The van der Waals surface area contributed by atoms with Crippen LogP contribution in [0.4, 0.5) is 10.5 Å². The molecular formula is C16H19N3O3. The number of hydrogen-bond donors (Lipinski definition) is 2. The molecule has 6 nitrogen and oxygen atoms in total. The monoisotopic (exact) mass is 301 g/mol. The number of hydrogen-bond acceptors (Lipinski definition) is 3. The molecule has 116 valence electrons. The van der Waals surface area contributed by atoms with Crippen molar-refractivity contribution in [3.05, 3.63) is 29.3 Å². The lowest BCUT2D eigenvalue weighted by Gasteiger charge is -2.39. The molecule has 1 aromatic carbocycles. The number of carbonyl (C=O) groups is 3. The third kappa shape index (κ3) is 2.56. The quantitative estimate of drug-likeness (QED) is 0.887. The normalized spacial score (nSPS) is 22.7. The van der Waals surface area contributed by atoms with E-state index in [9.17, 15) is 14.4 Å². The highest BCUT2D eigenvalue weighted by molar-refractivity contribution is 6.01. The predicted octanol–water partition coefficient (Wildman–Crippen LogP) is 1.54. The number of urea groups is 1. The summed E-state index contributed by atoms with van der Waals surface area (Å²) in [6, 6.07) is 5.22. The van der Waals surface area contributed by atoms with Gasteiger partial charge in [-0.1, -0.05) is 0 Å². The predicted molar refractivity (Wildman–Crippen MR) is 81.6 cm³/mol. The molecule has 0 unspecified atom stereocenters. The fraction of sp³-hybridized carbons (Fsp3) is 0.438. The summed E-state index contributed by atoms with van der Waals surface area (Å²) in [5.41, 5.74) is 7.68. The zero-order valence-electron chi connectivity index (χ0n) is 12.5. The van der Waals surface area contributed by atoms with Gasteiger partial charge in [0.2, 0.25) is 5.91 Å². The fourth-order valence-electron chi connectivity index (χ4n) is 3.05. The number of nitrogens with zero attached hydrogens (tertiary/aromatic N) is 1. The highest BCUT2D eigenvalue weighted by atomic mass is 16.2.